The van der Waals surface area contributed by atoms with E-state index in [1.54, 1.807) is 0 Å². The molecule has 226 valence electrons. The zero-order valence-electron chi connectivity index (χ0n) is 20.8. The van der Waals surface area contributed by atoms with Crippen molar-refractivity contribution in [2.75, 3.05) is 18.9 Å². The van der Waals surface area contributed by atoms with Gasteiger partial charge in [-0.15, -0.1) is 0 Å². The number of nitrogen functional groups attached to an aromatic ring is 1. The maximum atomic E-state index is 12.7. The Balaban J connectivity index is 0.00000387. The third-order valence-electron chi connectivity index (χ3n) is 6.33. The smallest absolute Gasteiger partial charge is 0.394 e. The normalized spacial score (nSPS) is 31.2. The Morgan fingerprint density at radius 2 is 1.73 bits per heavy atom. The molecule has 2 aliphatic heterocycles. The van der Waals surface area contributed by atoms with Gasteiger partial charge in [0.2, 0.25) is 5.95 Å². The molecule has 0 aliphatic carbocycles. The van der Waals surface area contributed by atoms with Crippen LogP contribution in [0, 0.1) is 0 Å². The summed E-state index contributed by atoms with van der Waals surface area (Å²) >= 11 is 0. The molecule has 3 aromatic heterocycles. The Kier molecular flexibility index (Phi) is 8.59. The lowest BCUT2D eigenvalue weighted by molar-refractivity contribution is -0.0594. The monoisotopic (exact) mass is 606 g/mol. The van der Waals surface area contributed by atoms with Crippen molar-refractivity contribution in [3.8, 4) is 0 Å². The molecule has 41 heavy (non-hydrogen) atoms. The van der Waals surface area contributed by atoms with Crippen LogP contribution in [-0.2, 0) is 23.1 Å². The number of aromatic amines is 2. The summed E-state index contributed by atoms with van der Waals surface area (Å²) in [6.45, 7) is -1.60. The summed E-state index contributed by atoms with van der Waals surface area (Å²) in [7, 11) is -5.06. The van der Waals surface area contributed by atoms with E-state index in [0.717, 1.165) is 27.7 Å². The summed E-state index contributed by atoms with van der Waals surface area (Å²) in [6.07, 6.45) is -10.2. The van der Waals surface area contributed by atoms with E-state index in [1.165, 1.54) is 0 Å². The molecule has 0 bridgehead atoms. The number of hydrogen-bond donors (Lipinski definition) is 9. The number of phosphoric acid groups is 1. The molecule has 0 aromatic carbocycles. The number of nitrogens with one attached hydrogen (secondary N) is 2. The van der Waals surface area contributed by atoms with Crippen LogP contribution < -0.4 is 28.7 Å². The van der Waals surface area contributed by atoms with Gasteiger partial charge in [0.25, 0.3) is 11.1 Å². The fraction of sp³-hybridized carbons (Fsp3) is 0.526. The van der Waals surface area contributed by atoms with Crippen molar-refractivity contribution in [2.24, 2.45) is 0 Å². The summed E-state index contributed by atoms with van der Waals surface area (Å²) in [4.78, 5) is 57.8. The molecule has 2 saturated heterocycles. The van der Waals surface area contributed by atoms with Crippen LogP contribution in [0.25, 0.3) is 11.2 Å². The Morgan fingerprint density at radius 1 is 1.05 bits per heavy atom. The summed E-state index contributed by atoms with van der Waals surface area (Å²) in [5.74, 6) is -0.238. The highest BCUT2D eigenvalue weighted by atomic mass is 31.2. The van der Waals surface area contributed by atoms with Crippen molar-refractivity contribution in [1.82, 2.24) is 35.2 Å². The maximum absolute atomic E-state index is 12.7. The molecular weight excluding hydrogens is 579 g/mol. The summed E-state index contributed by atoms with van der Waals surface area (Å²) in [5.41, 5.74) is 3.06. The predicted octanol–water partition coefficient (Wildman–Crippen LogP) is -4.21. The van der Waals surface area contributed by atoms with E-state index in [4.69, 9.17) is 24.3 Å². The first-order valence-corrected chi connectivity index (χ1v) is 13.0. The molecule has 9 unspecified atom stereocenters. The van der Waals surface area contributed by atoms with Gasteiger partial charge in [0, 0.05) is 12.3 Å². The van der Waals surface area contributed by atoms with Crippen LogP contribution in [-0.4, -0.2) is 104 Å². The number of hydrogen-bond acceptors (Lipinski definition) is 16. The van der Waals surface area contributed by atoms with Crippen molar-refractivity contribution in [1.29, 1.82) is 0 Å². The molecule has 9 atom stereocenters. The van der Waals surface area contributed by atoms with E-state index in [0.29, 0.717) is 0 Å². The average Bonchev–Trinajstić information content (AvgIpc) is 3.53. The van der Waals surface area contributed by atoms with Crippen LogP contribution in [0.3, 0.4) is 0 Å². The SMILES string of the molecule is N.Nc1nc2c(ncn2C2OC(COP(=O)(O)OC3C(CO)OC(n4ccc(=O)[nH]c4=O)C3O)C(O)C2O)c(=O)[nH]1. The molecule has 0 radical (unpaired) electrons. The van der Waals surface area contributed by atoms with Crippen LogP contribution in [0.1, 0.15) is 12.5 Å². The lowest BCUT2D eigenvalue weighted by Gasteiger charge is -2.23. The van der Waals surface area contributed by atoms with Gasteiger partial charge in [0.15, 0.2) is 23.6 Å². The van der Waals surface area contributed by atoms with Gasteiger partial charge in [0.1, 0.15) is 36.6 Å². The number of aliphatic hydroxyl groups excluding tert-OH is 4. The quantitative estimate of drug-likeness (QED) is 0.110. The standard InChI is InChI=1S/C19H24N7O13P.H3N/c20-18-23-14-9(15(32)24-18)21-5-26(14)16-11(30)10(29)7(38-16)4-36-40(34,35)39-13-6(3-27)37-17(12(13)31)25-2-1-8(28)22-19(25)33;/h1-2,5-7,10-13,16-17,27,29-31H,3-4H2,(H,34,35)(H,22,28,33)(H3,20,23,24,32);1H3. The number of phosphoric ester groups is 1. The van der Waals surface area contributed by atoms with E-state index in [1.807, 2.05) is 4.98 Å². The molecule has 5 heterocycles. The van der Waals surface area contributed by atoms with Gasteiger partial charge < -0.3 is 46.7 Å². The van der Waals surface area contributed by atoms with E-state index >= 15 is 0 Å². The minimum Gasteiger partial charge on any atom is -0.394 e. The van der Waals surface area contributed by atoms with Crippen LogP contribution in [0.15, 0.2) is 33.0 Å². The zero-order valence-corrected chi connectivity index (χ0v) is 21.7. The number of rotatable bonds is 8. The van der Waals surface area contributed by atoms with E-state index in [2.05, 4.69) is 15.0 Å². The number of fused-ring (bicyclic) bond motifs is 1. The molecule has 2 fully saturated rings. The number of H-pyrrole nitrogens is 2. The van der Waals surface area contributed by atoms with Crippen LogP contribution in [0.4, 0.5) is 5.95 Å². The zero-order chi connectivity index (χ0) is 28.9. The van der Waals surface area contributed by atoms with E-state index in [9.17, 15) is 44.3 Å². The van der Waals surface area contributed by atoms with Crippen molar-refractivity contribution < 1.29 is 48.4 Å². The molecule has 0 spiro atoms. The van der Waals surface area contributed by atoms with Gasteiger partial charge in [-0.05, 0) is 0 Å². The van der Waals surface area contributed by atoms with E-state index in [-0.39, 0.29) is 23.3 Å². The second-order valence-electron chi connectivity index (χ2n) is 8.91. The average molecular weight is 606 g/mol. The fourth-order valence-corrected chi connectivity index (χ4v) is 5.40. The minimum absolute atomic E-state index is 0. The molecule has 5 rings (SSSR count). The number of anilines is 1. The lowest BCUT2D eigenvalue weighted by atomic mass is 10.1. The summed E-state index contributed by atoms with van der Waals surface area (Å²) in [6, 6.07) is 0.976. The molecule has 21 nitrogen and oxygen atoms in total. The van der Waals surface area contributed by atoms with Crippen LogP contribution in [0.5, 0.6) is 0 Å². The number of nitrogens with zero attached hydrogens (tertiary/aromatic N) is 4. The van der Waals surface area contributed by atoms with Crippen LogP contribution >= 0.6 is 7.82 Å². The van der Waals surface area contributed by atoms with Gasteiger partial charge in [0.05, 0.1) is 19.5 Å². The highest BCUT2D eigenvalue weighted by Crippen LogP contribution is 2.49. The van der Waals surface area contributed by atoms with Crippen molar-refractivity contribution in [3.05, 3.63) is 49.8 Å². The number of ether oxygens (including phenoxy) is 2. The first kappa shape index (κ1) is 30.6. The molecule has 0 saturated carbocycles. The third-order valence-corrected chi connectivity index (χ3v) is 7.32. The second-order valence-corrected chi connectivity index (χ2v) is 10.3. The maximum Gasteiger partial charge on any atom is 0.472 e. The predicted molar refractivity (Wildman–Crippen MR) is 132 cm³/mol. The highest BCUT2D eigenvalue weighted by Gasteiger charge is 2.50. The molecule has 22 heteroatoms. The Bertz CT molecular complexity index is 1620. The Morgan fingerprint density at radius 3 is 2.41 bits per heavy atom. The van der Waals surface area contributed by atoms with E-state index < -0.39 is 86.9 Å². The number of aromatic nitrogens is 6. The first-order valence-electron chi connectivity index (χ1n) is 11.6. The second kappa shape index (κ2) is 11.5. The van der Waals surface area contributed by atoms with Crippen molar-refractivity contribution in [2.45, 2.75) is 49.1 Å². The molecule has 3 aromatic rings. The largest absolute Gasteiger partial charge is 0.472 e. The summed E-state index contributed by atoms with van der Waals surface area (Å²) in [5, 5.41) is 41.2. The number of aliphatic hydroxyl groups is 4. The van der Waals surface area contributed by atoms with Gasteiger partial charge in [-0.3, -0.25) is 37.7 Å². The van der Waals surface area contributed by atoms with Gasteiger partial charge in [-0.2, -0.15) is 4.98 Å². The fourth-order valence-electron chi connectivity index (χ4n) is 4.43. The Labute approximate surface area is 226 Å². The van der Waals surface area contributed by atoms with Gasteiger partial charge >= 0.3 is 13.5 Å². The number of imidazole rings is 1. The van der Waals surface area contributed by atoms with Crippen molar-refractivity contribution >= 4 is 24.9 Å². The van der Waals surface area contributed by atoms with Gasteiger partial charge in [-0.25, -0.2) is 14.3 Å². The third kappa shape index (κ3) is 5.73. The molecule has 12 N–H and O–H groups in total. The van der Waals surface area contributed by atoms with Gasteiger partial charge in [-0.1, -0.05) is 0 Å². The van der Waals surface area contributed by atoms with Crippen molar-refractivity contribution in [3.63, 3.8) is 0 Å². The molecule has 2 aliphatic rings. The minimum atomic E-state index is -5.06. The lowest BCUT2D eigenvalue weighted by Crippen LogP contribution is -2.39. The number of nitrogens with two attached hydrogens (primary N) is 1. The Hall–Kier alpha value is -3.34. The molecular formula is C19H27N8O13P. The van der Waals surface area contributed by atoms with Crippen LogP contribution in [0.2, 0.25) is 0 Å². The topological polar surface area (TPSA) is 335 Å². The highest BCUT2D eigenvalue weighted by molar-refractivity contribution is 7.47. The molecule has 0 amide bonds. The first-order chi connectivity index (χ1) is 18.9. The summed E-state index contributed by atoms with van der Waals surface area (Å²) < 4.78 is 35.6.